The second-order valence-corrected chi connectivity index (χ2v) is 4.71. The van der Waals surface area contributed by atoms with Gasteiger partial charge in [-0.15, -0.1) is 0 Å². The first-order chi connectivity index (χ1) is 9.08. The number of ether oxygens (including phenoxy) is 1. The largest absolute Gasteiger partial charge is 0.497 e. The number of benzene rings is 2. The Morgan fingerprint density at radius 1 is 1.05 bits per heavy atom. The zero-order valence-corrected chi connectivity index (χ0v) is 11.6. The summed E-state index contributed by atoms with van der Waals surface area (Å²) in [5.74, 6) is 0.457. The van der Waals surface area contributed by atoms with E-state index >= 15 is 0 Å². The van der Waals surface area contributed by atoms with Crippen molar-refractivity contribution in [2.24, 2.45) is 0 Å². The van der Waals surface area contributed by atoms with Gasteiger partial charge in [0, 0.05) is 21.3 Å². The average molecular weight is 296 g/mol. The molecule has 0 aromatic heterocycles. The summed E-state index contributed by atoms with van der Waals surface area (Å²) in [4.78, 5) is 12.0. The van der Waals surface area contributed by atoms with Crippen LogP contribution in [0.5, 0.6) is 5.75 Å². The van der Waals surface area contributed by atoms with Crippen molar-refractivity contribution >= 4 is 34.8 Å². The van der Waals surface area contributed by atoms with Crippen LogP contribution in [0, 0.1) is 0 Å². The number of anilines is 1. The van der Waals surface area contributed by atoms with Gasteiger partial charge in [-0.05, 0) is 42.5 Å². The summed E-state index contributed by atoms with van der Waals surface area (Å²) in [6, 6.07) is 11.7. The van der Waals surface area contributed by atoms with Crippen molar-refractivity contribution in [3.63, 3.8) is 0 Å². The molecule has 0 saturated carbocycles. The Bertz CT molecular complexity index is 577. The first kappa shape index (κ1) is 13.7. The van der Waals surface area contributed by atoms with E-state index in [4.69, 9.17) is 27.9 Å². The highest BCUT2D eigenvalue weighted by Crippen LogP contribution is 2.21. The fourth-order valence-electron chi connectivity index (χ4n) is 1.56. The van der Waals surface area contributed by atoms with Crippen LogP contribution in [-0.2, 0) is 0 Å². The Morgan fingerprint density at radius 3 is 2.16 bits per heavy atom. The normalized spacial score (nSPS) is 10.1. The van der Waals surface area contributed by atoms with Gasteiger partial charge in [-0.2, -0.15) is 0 Å². The molecule has 2 aromatic rings. The zero-order chi connectivity index (χ0) is 13.8. The average Bonchev–Trinajstić information content (AvgIpc) is 2.38. The number of nitrogens with one attached hydrogen (secondary N) is 1. The van der Waals surface area contributed by atoms with Crippen LogP contribution in [0.3, 0.4) is 0 Å². The van der Waals surface area contributed by atoms with Crippen LogP contribution in [0.15, 0.2) is 42.5 Å². The van der Waals surface area contributed by atoms with Crippen molar-refractivity contribution in [2.45, 2.75) is 0 Å². The molecule has 5 heteroatoms. The standard InChI is InChI=1S/C14H11Cl2NO2/c1-19-13-4-2-12(3-5-13)17-14(18)9-6-10(15)8-11(16)7-9/h2-8H,1H3,(H,17,18). The lowest BCUT2D eigenvalue weighted by atomic mass is 10.2. The molecule has 0 radical (unpaired) electrons. The summed E-state index contributed by atoms with van der Waals surface area (Å²) < 4.78 is 5.04. The van der Waals surface area contributed by atoms with Gasteiger partial charge in [0.25, 0.3) is 5.91 Å². The predicted octanol–water partition coefficient (Wildman–Crippen LogP) is 4.25. The fraction of sp³-hybridized carbons (Fsp3) is 0.0714. The zero-order valence-electron chi connectivity index (χ0n) is 10.1. The van der Waals surface area contributed by atoms with Gasteiger partial charge >= 0.3 is 0 Å². The number of hydrogen-bond acceptors (Lipinski definition) is 2. The molecule has 19 heavy (non-hydrogen) atoms. The number of hydrogen-bond donors (Lipinski definition) is 1. The number of amides is 1. The van der Waals surface area contributed by atoms with Gasteiger partial charge in [-0.25, -0.2) is 0 Å². The first-order valence-corrected chi connectivity index (χ1v) is 6.25. The number of carbonyl (C=O) groups is 1. The third-order valence-corrected chi connectivity index (χ3v) is 2.91. The summed E-state index contributed by atoms with van der Waals surface area (Å²) in [7, 11) is 1.58. The molecule has 0 aliphatic rings. The fourth-order valence-corrected chi connectivity index (χ4v) is 2.09. The molecular weight excluding hydrogens is 285 g/mol. The Kier molecular flexibility index (Phi) is 4.30. The van der Waals surface area contributed by atoms with Crippen molar-refractivity contribution < 1.29 is 9.53 Å². The van der Waals surface area contributed by atoms with Gasteiger partial charge in [-0.3, -0.25) is 4.79 Å². The number of carbonyl (C=O) groups excluding carboxylic acids is 1. The molecule has 0 aliphatic heterocycles. The van der Waals surface area contributed by atoms with Gasteiger partial charge in [0.2, 0.25) is 0 Å². The third-order valence-electron chi connectivity index (χ3n) is 2.47. The van der Waals surface area contributed by atoms with E-state index < -0.39 is 0 Å². The van der Waals surface area contributed by atoms with E-state index in [1.54, 1.807) is 49.6 Å². The number of methoxy groups -OCH3 is 1. The molecule has 0 atom stereocenters. The molecular formula is C14H11Cl2NO2. The van der Waals surface area contributed by atoms with E-state index in [1.807, 2.05) is 0 Å². The van der Waals surface area contributed by atoms with E-state index in [0.717, 1.165) is 5.75 Å². The van der Waals surface area contributed by atoms with E-state index in [9.17, 15) is 4.79 Å². The molecule has 0 bridgehead atoms. The first-order valence-electron chi connectivity index (χ1n) is 5.50. The molecule has 0 unspecified atom stereocenters. The smallest absolute Gasteiger partial charge is 0.255 e. The minimum atomic E-state index is -0.269. The van der Waals surface area contributed by atoms with Crippen molar-refractivity contribution in [1.29, 1.82) is 0 Å². The van der Waals surface area contributed by atoms with E-state index in [1.165, 1.54) is 0 Å². The summed E-state index contributed by atoms with van der Waals surface area (Å²) in [6.45, 7) is 0. The Balaban J connectivity index is 2.15. The van der Waals surface area contributed by atoms with Crippen LogP contribution in [0.25, 0.3) is 0 Å². The van der Waals surface area contributed by atoms with Gasteiger partial charge in [0.15, 0.2) is 0 Å². The van der Waals surface area contributed by atoms with Crippen molar-refractivity contribution in [3.8, 4) is 5.75 Å². The van der Waals surface area contributed by atoms with Crippen LogP contribution in [-0.4, -0.2) is 13.0 Å². The summed E-state index contributed by atoms with van der Waals surface area (Å²) in [5.41, 5.74) is 1.08. The quantitative estimate of drug-likeness (QED) is 0.919. The Morgan fingerprint density at radius 2 is 1.63 bits per heavy atom. The van der Waals surface area contributed by atoms with Crippen molar-refractivity contribution in [2.75, 3.05) is 12.4 Å². The second-order valence-electron chi connectivity index (χ2n) is 3.84. The van der Waals surface area contributed by atoms with Crippen LogP contribution in [0.1, 0.15) is 10.4 Å². The molecule has 2 aromatic carbocycles. The van der Waals surface area contributed by atoms with Crippen LogP contribution < -0.4 is 10.1 Å². The molecule has 1 amide bonds. The summed E-state index contributed by atoms with van der Waals surface area (Å²) in [6.07, 6.45) is 0. The lowest BCUT2D eigenvalue weighted by Crippen LogP contribution is -2.11. The molecule has 3 nitrogen and oxygen atoms in total. The van der Waals surface area contributed by atoms with Gasteiger partial charge in [-0.1, -0.05) is 23.2 Å². The lowest BCUT2D eigenvalue weighted by Gasteiger charge is -2.07. The second kappa shape index (κ2) is 5.95. The molecule has 0 fully saturated rings. The maximum absolute atomic E-state index is 12.0. The van der Waals surface area contributed by atoms with E-state index in [2.05, 4.69) is 5.32 Å². The minimum absolute atomic E-state index is 0.269. The predicted molar refractivity (Wildman–Crippen MR) is 77.4 cm³/mol. The highest BCUT2D eigenvalue weighted by molar-refractivity contribution is 6.35. The SMILES string of the molecule is COc1ccc(NC(=O)c2cc(Cl)cc(Cl)c2)cc1. The third kappa shape index (κ3) is 3.63. The highest BCUT2D eigenvalue weighted by atomic mass is 35.5. The molecule has 0 spiro atoms. The van der Waals surface area contributed by atoms with Crippen LogP contribution in [0.4, 0.5) is 5.69 Å². The minimum Gasteiger partial charge on any atom is -0.497 e. The maximum atomic E-state index is 12.0. The van der Waals surface area contributed by atoms with Gasteiger partial charge < -0.3 is 10.1 Å². The van der Waals surface area contributed by atoms with Crippen molar-refractivity contribution in [1.82, 2.24) is 0 Å². The van der Waals surface area contributed by atoms with Gasteiger partial charge in [0.1, 0.15) is 5.75 Å². The molecule has 2 rings (SSSR count). The molecule has 1 N–H and O–H groups in total. The summed E-state index contributed by atoms with van der Waals surface area (Å²) >= 11 is 11.7. The Labute approximate surface area is 121 Å². The number of rotatable bonds is 3. The molecule has 0 saturated heterocycles. The summed E-state index contributed by atoms with van der Waals surface area (Å²) in [5, 5.41) is 3.60. The van der Waals surface area contributed by atoms with Crippen LogP contribution in [0.2, 0.25) is 10.0 Å². The molecule has 0 aliphatic carbocycles. The molecule has 0 heterocycles. The van der Waals surface area contributed by atoms with Crippen molar-refractivity contribution in [3.05, 3.63) is 58.1 Å². The monoisotopic (exact) mass is 295 g/mol. The van der Waals surface area contributed by atoms with E-state index in [-0.39, 0.29) is 5.91 Å². The number of halogens is 2. The van der Waals surface area contributed by atoms with Gasteiger partial charge in [0.05, 0.1) is 7.11 Å². The lowest BCUT2D eigenvalue weighted by molar-refractivity contribution is 0.102. The maximum Gasteiger partial charge on any atom is 0.255 e. The topological polar surface area (TPSA) is 38.3 Å². The highest BCUT2D eigenvalue weighted by Gasteiger charge is 2.08. The van der Waals surface area contributed by atoms with Crippen LogP contribution >= 0.6 is 23.2 Å². The Hall–Kier alpha value is -1.71. The van der Waals surface area contributed by atoms with E-state index in [0.29, 0.717) is 21.3 Å². The molecule has 98 valence electrons.